The van der Waals surface area contributed by atoms with E-state index in [2.05, 4.69) is 6.58 Å². The van der Waals surface area contributed by atoms with Crippen molar-refractivity contribution in [3.63, 3.8) is 0 Å². The number of hydrogen-bond donors (Lipinski definition) is 0. The standard InChI is InChI=1S/C5H8Cl2Si/c1-3-4-5(2)8(6)7/h3-4,8H,1H2,2H3. The first-order chi connectivity index (χ1) is 3.68. The second kappa shape index (κ2) is 4.19. The Morgan fingerprint density at radius 1 is 1.62 bits per heavy atom. The number of hydrogen-bond acceptors (Lipinski definition) is 0. The molecule has 0 unspecified atom stereocenters. The van der Waals surface area contributed by atoms with Crippen molar-refractivity contribution in [2.45, 2.75) is 6.92 Å². The van der Waals surface area contributed by atoms with Crippen LogP contribution in [-0.2, 0) is 0 Å². The summed E-state index contributed by atoms with van der Waals surface area (Å²) in [6.45, 7) is 5.43. The highest BCUT2D eigenvalue weighted by molar-refractivity contribution is 7.36. The summed E-state index contributed by atoms with van der Waals surface area (Å²) >= 11 is 11.2. The van der Waals surface area contributed by atoms with Crippen molar-refractivity contribution in [2.75, 3.05) is 0 Å². The van der Waals surface area contributed by atoms with E-state index in [9.17, 15) is 0 Å². The van der Waals surface area contributed by atoms with Crippen LogP contribution < -0.4 is 0 Å². The minimum Gasteiger partial charge on any atom is -0.145 e. The van der Waals surface area contributed by atoms with Crippen LogP contribution >= 0.6 is 22.2 Å². The molecular weight excluding hydrogens is 159 g/mol. The third kappa shape index (κ3) is 3.30. The van der Waals surface area contributed by atoms with Crippen LogP contribution in [-0.4, -0.2) is 7.42 Å². The monoisotopic (exact) mass is 166 g/mol. The fourth-order valence-electron chi connectivity index (χ4n) is 0.259. The molecule has 0 fully saturated rings. The lowest BCUT2D eigenvalue weighted by atomic mass is 10.5. The second-order valence-electron chi connectivity index (χ2n) is 1.45. The van der Waals surface area contributed by atoms with Gasteiger partial charge in [0.05, 0.1) is 0 Å². The maximum absolute atomic E-state index is 5.60. The summed E-state index contributed by atoms with van der Waals surface area (Å²) < 4.78 is 0. The van der Waals surface area contributed by atoms with Crippen molar-refractivity contribution in [1.29, 1.82) is 0 Å². The van der Waals surface area contributed by atoms with Crippen LogP contribution in [0.5, 0.6) is 0 Å². The minimum atomic E-state index is -1.55. The predicted octanol–water partition coefficient (Wildman–Crippen LogP) is 2.36. The summed E-state index contributed by atoms with van der Waals surface area (Å²) in [5.41, 5.74) is 0. The molecule has 0 aromatic rings. The zero-order valence-electron chi connectivity index (χ0n) is 4.70. The Labute approximate surface area is 60.8 Å². The van der Waals surface area contributed by atoms with Gasteiger partial charge in [0.1, 0.15) is 0 Å². The van der Waals surface area contributed by atoms with Crippen molar-refractivity contribution in [1.82, 2.24) is 0 Å². The summed E-state index contributed by atoms with van der Waals surface area (Å²) in [7, 11) is -1.55. The third-order valence-electron chi connectivity index (χ3n) is 0.725. The van der Waals surface area contributed by atoms with E-state index in [0.29, 0.717) is 0 Å². The summed E-state index contributed by atoms with van der Waals surface area (Å²) in [5, 5.41) is 1.06. The Bertz CT molecular complexity index is 107. The number of halogens is 2. The third-order valence-corrected chi connectivity index (χ3v) is 3.67. The van der Waals surface area contributed by atoms with Gasteiger partial charge in [-0.05, 0) is 6.92 Å². The molecule has 0 amide bonds. The van der Waals surface area contributed by atoms with Crippen LogP contribution in [0.25, 0.3) is 0 Å². The number of allylic oxidation sites excluding steroid dienone is 3. The highest BCUT2D eigenvalue weighted by Gasteiger charge is 2.00. The lowest BCUT2D eigenvalue weighted by Crippen LogP contribution is -1.93. The molecule has 0 aromatic heterocycles. The molecule has 46 valence electrons. The molecule has 0 saturated heterocycles. The normalized spacial score (nSPS) is 12.2. The molecule has 0 saturated carbocycles. The maximum Gasteiger partial charge on any atom is 0.262 e. The van der Waals surface area contributed by atoms with Gasteiger partial charge in [0.15, 0.2) is 0 Å². The highest BCUT2D eigenvalue weighted by Crippen LogP contribution is 2.07. The molecule has 0 bridgehead atoms. The first-order valence-corrected chi connectivity index (χ1v) is 6.32. The van der Waals surface area contributed by atoms with E-state index in [0.717, 1.165) is 5.20 Å². The molecule has 0 N–H and O–H groups in total. The molecule has 0 aromatic carbocycles. The summed E-state index contributed by atoms with van der Waals surface area (Å²) in [5.74, 6) is 0. The topological polar surface area (TPSA) is 0 Å². The van der Waals surface area contributed by atoms with Gasteiger partial charge >= 0.3 is 0 Å². The van der Waals surface area contributed by atoms with E-state index >= 15 is 0 Å². The molecule has 0 aliphatic rings. The molecule has 0 heterocycles. The van der Waals surface area contributed by atoms with Crippen LogP contribution in [0.4, 0.5) is 0 Å². The van der Waals surface area contributed by atoms with E-state index in [4.69, 9.17) is 22.2 Å². The lowest BCUT2D eigenvalue weighted by Gasteiger charge is -1.93. The molecule has 0 rings (SSSR count). The van der Waals surface area contributed by atoms with Crippen LogP contribution in [0.2, 0.25) is 0 Å². The van der Waals surface area contributed by atoms with Crippen molar-refractivity contribution in [3.8, 4) is 0 Å². The first-order valence-electron chi connectivity index (χ1n) is 2.26. The molecule has 8 heavy (non-hydrogen) atoms. The molecule has 0 aliphatic heterocycles. The molecule has 0 spiro atoms. The van der Waals surface area contributed by atoms with Gasteiger partial charge in [-0.25, -0.2) is 0 Å². The van der Waals surface area contributed by atoms with Crippen LogP contribution in [0, 0.1) is 0 Å². The quantitative estimate of drug-likeness (QED) is 0.336. The van der Waals surface area contributed by atoms with Gasteiger partial charge in [-0.2, -0.15) is 0 Å². The van der Waals surface area contributed by atoms with Gasteiger partial charge in [-0.3, -0.25) is 0 Å². The van der Waals surface area contributed by atoms with Crippen molar-refractivity contribution in [3.05, 3.63) is 23.9 Å². The molecular formula is C5H8Cl2Si. The van der Waals surface area contributed by atoms with Gasteiger partial charge in [-0.1, -0.05) is 23.9 Å². The smallest absolute Gasteiger partial charge is 0.145 e. The highest BCUT2D eigenvalue weighted by atomic mass is 35.7. The Hall–Kier alpha value is 0.277. The lowest BCUT2D eigenvalue weighted by molar-refractivity contribution is 1.65. The average molecular weight is 167 g/mol. The summed E-state index contributed by atoms with van der Waals surface area (Å²) in [6, 6.07) is 0. The Morgan fingerprint density at radius 2 is 2.12 bits per heavy atom. The van der Waals surface area contributed by atoms with Gasteiger partial charge in [0, 0.05) is 0 Å². The summed E-state index contributed by atoms with van der Waals surface area (Å²) in [4.78, 5) is 0. The van der Waals surface area contributed by atoms with Crippen LogP contribution in [0.3, 0.4) is 0 Å². The van der Waals surface area contributed by atoms with E-state index in [1.165, 1.54) is 0 Å². The molecule has 0 nitrogen and oxygen atoms in total. The Kier molecular flexibility index (Phi) is 4.33. The zero-order chi connectivity index (χ0) is 6.57. The number of rotatable bonds is 2. The molecule has 0 atom stereocenters. The fraction of sp³-hybridized carbons (Fsp3) is 0.200. The molecule has 0 aliphatic carbocycles. The first kappa shape index (κ1) is 8.28. The van der Waals surface area contributed by atoms with Gasteiger partial charge < -0.3 is 0 Å². The van der Waals surface area contributed by atoms with Crippen molar-refractivity contribution in [2.24, 2.45) is 0 Å². The van der Waals surface area contributed by atoms with E-state index in [1.54, 1.807) is 6.08 Å². The molecule has 0 radical (unpaired) electrons. The van der Waals surface area contributed by atoms with Gasteiger partial charge in [-0.15, -0.1) is 22.2 Å². The van der Waals surface area contributed by atoms with Gasteiger partial charge in [0.2, 0.25) is 0 Å². The SMILES string of the molecule is C=CC=C(C)[SiH](Cl)Cl. The van der Waals surface area contributed by atoms with Gasteiger partial charge in [0.25, 0.3) is 7.42 Å². The average Bonchev–Trinajstić information content (AvgIpc) is 1.67. The fourth-order valence-corrected chi connectivity index (χ4v) is 0.977. The Balaban J connectivity index is 3.78. The zero-order valence-corrected chi connectivity index (χ0v) is 7.36. The minimum absolute atomic E-state index is 1.06. The predicted molar refractivity (Wildman–Crippen MR) is 42.8 cm³/mol. The van der Waals surface area contributed by atoms with Crippen LogP contribution in [0.15, 0.2) is 23.9 Å². The van der Waals surface area contributed by atoms with E-state index < -0.39 is 7.42 Å². The van der Waals surface area contributed by atoms with Crippen LogP contribution in [0.1, 0.15) is 6.92 Å². The summed E-state index contributed by atoms with van der Waals surface area (Å²) in [6.07, 6.45) is 3.54. The van der Waals surface area contributed by atoms with Crippen molar-refractivity contribution < 1.29 is 0 Å². The van der Waals surface area contributed by atoms with E-state index in [-0.39, 0.29) is 0 Å². The Morgan fingerprint density at radius 3 is 2.25 bits per heavy atom. The van der Waals surface area contributed by atoms with E-state index in [1.807, 2.05) is 13.0 Å². The molecule has 3 heteroatoms. The van der Waals surface area contributed by atoms with Crippen molar-refractivity contribution >= 4 is 29.6 Å². The largest absolute Gasteiger partial charge is 0.262 e. The second-order valence-corrected chi connectivity index (χ2v) is 6.25. The maximum atomic E-state index is 5.60.